The molecular formula is C26H44F2O2. The van der Waals surface area contributed by atoms with Gasteiger partial charge in [0.2, 0.25) is 0 Å². The topological polar surface area (TPSA) is 18.5 Å². The van der Waals surface area contributed by atoms with Crippen LogP contribution in [-0.2, 0) is 9.47 Å². The molecule has 0 aliphatic heterocycles. The van der Waals surface area contributed by atoms with Gasteiger partial charge in [0, 0.05) is 6.61 Å². The van der Waals surface area contributed by atoms with Crippen LogP contribution < -0.4 is 0 Å². The van der Waals surface area contributed by atoms with Crippen LogP contribution in [0.1, 0.15) is 84.0 Å². The molecule has 2 fully saturated rings. The van der Waals surface area contributed by atoms with E-state index in [1.165, 1.54) is 44.9 Å². The Hall–Kier alpha value is -0.740. The summed E-state index contributed by atoms with van der Waals surface area (Å²) in [6.45, 7) is 10.8. The van der Waals surface area contributed by atoms with Crippen molar-refractivity contribution in [2.75, 3.05) is 13.2 Å². The largest absolute Gasteiger partial charge is 0.375 e. The molecule has 2 aliphatic rings. The van der Waals surface area contributed by atoms with Crippen LogP contribution in [0.15, 0.2) is 25.3 Å². The van der Waals surface area contributed by atoms with Gasteiger partial charge < -0.3 is 9.47 Å². The van der Waals surface area contributed by atoms with Crippen LogP contribution in [0.4, 0.5) is 8.78 Å². The quantitative estimate of drug-likeness (QED) is 0.213. The smallest absolute Gasteiger partial charge is 0.160 e. The lowest BCUT2D eigenvalue weighted by Gasteiger charge is -2.34. The SMILES string of the molecule is C=CCCOC1CCC(OCCCCC(CCC)C2CCC(C=C)CC2)C(F)C1F. The Bertz CT molecular complexity index is 476. The van der Waals surface area contributed by atoms with Crippen molar-refractivity contribution in [1.82, 2.24) is 0 Å². The molecule has 0 spiro atoms. The number of alkyl halides is 2. The molecule has 2 nitrogen and oxygen atoms in total. The van der Waals surface area contributed by atoms with Crippen LogP contribution in [-0.4, -0.2) is 37.8 Å². The lowest BCUT2D eigenvalue weighted by Crippen LogP contribution is -2.46. The van der Waals surface area contributed by atoms with Crippen molar-refractivity contribution >= 4 is 0 Å². The fourth-order valence-corrected chi connectivity index (χ4v) is 5.29. The molecule has 0 saturated heterocycles. The monoisotopic (exact) mass is 426 g/mol. The van der Waals surface area contributed by atoms with Crippen LogP contribution in [0.2, 0.25) is 0 Å². The van der Waals surface area contributed by atoms with E-state index in [0.29, 0.717) is 38.4 Å². The minimum Gasteiger partial charge on any atom is -0.375 e. The minimum atomic E-state index is -1.59. The van der Waals surface area contributed by atoms with Crippen molar-refractivity contribution in [2.45, 2.75) is 109 Å². The molecule has 0 radical (unpaired) electrons. The van der Waals surface area contributed by atoms with E-state index in [1.807, 2.05) is 0 Å². The summed E-state index contributed by atoms with van der Waals surface area (Å²) in [6.07, 6.45) is 12.2. The number of allylic oxidation sites excluding steroid dienone is 1. The van der Waals surface area contributed by atoms with Gasteiger partial charge in [0.15, 0.2) is 12.3 Å². The second kappa shape index (κ2) is 14.3. The average Bonchev–Trinajstić information content (AvgIpc) is 2.77. The Morgan fingerprint density at radius 3 is 2.07 bits per heavy atom. The molecule has 0 aromatic rings. The van der Waals surface area contributed by atoms with E-state index >= 15 is 0 Å². The highest BCUT2D eigenvalue weighted by atomic mass is 19.2. The van der Waals surface area contributed by atoms with E-state index in [1.54, 1.807) is 6.08 Å². The number of hydrogen-bond acceptors (Lipinski definition) is 2. The van der Waals surface area contributed by atoms with Gasteiger partial charge in [-0.1, -0.05) is 44.8 Å². The molecule has 0 aromatic carbocycles. The fourth-order valence-electron chi connectivity index (χ4n) is 5.29. The van der Waals surface area contributed by atoms with Gasteiger partial charge in [0.25, 0.3) is 0 Å². The highest BCUT2D eigenvalue weighted by molar-refractivity contribution is 4.90. The third-order valence-corrected chi connectivity index (χ3v) is 7.18. The van der Waals surface area contributed by atoms with E-state index in [0.717, 1.165) is 24.7 Å². The normalized spacial score (nSPS) is 33.2. The molecule has 0 amide bonds. The third kappa shape index (κ3) is 8.07. The van der Waals surface area contributed by atoms with Crippen molar-refractivity contribution in [3.8, 4) is 0 Å². The molecule has 2 rings (SSSR count). The number of halogens is 2. The summed E-state index contributed by atoms with van der Waals surface area (Å²) >= 11 is 0. The molecule has 2 aliphatic carbocycles. The maximum Gasteiger partial charge on any atom is 0.160 e. The molecule has 30 heavy (non-hydrogen) atoms. The summed E-state index contributed by atoms with van der Waals surface area (Å²) in [5.74, 6) is 2.36. The zero-order valence-corrected chi connectivity index (χ0v) is 19.1. The van der Waals surface area contributed by atoms with E-state index < -0.39 is 24.6 Å². The predicted octanol–water partition coefficient (Wildman–Crippen LogP) is 7.38. The maximum absolute atomic E-state index is 14.4. The molecule has 0 heterocycles. The van der Waals surface area contributed by atoms with Crippen molar-refractivity contribution in [2.24, 2.45) is 17.8 Å². The van der Waals surface area contributed by atoms with Gasteiger partial charge >= 0.3 is 0 Å². The van der Waals surface area contributed by atoms with Crippen molar-refractivity contribution < 1.29 is 18.3 Å². The second-order valence-corrected chi connectivity index (χ2v) is 9.32. The predicted molar refractivity (Wildman–Crippen MR) is 121 cm³/mol. The first-order chi connectivity index (χ1) is 14.6. The molecule has 0 N–H and O–H groups in total. The molecule has 0 aromatic heterocycles. The van der Waals surface area contributed by atoms with Gasteiger partial charge in [-0.2, -0.15) is 0 Å². The Morgan fingerprint density at radius 1 is 0.867 bits per heavy atom. The van der Waals surface area contributed by atoms with Crippen LogP contribution in [0.3, 0.4) is 0 Å². The van der Waals surface area contributed by atoms with Crippen LogP contribution in [0.5, 0.6) is 0 Å². The Balaban J connectivity index is 1.64. The molecule has 174 valence electrons. The van der Waals surface area contributed by atoms with Gasteiger partial charge in [-0.25, -0.2) is 8.78 Å². The van der Waals surface area contributed by atoms with Gasteiger partial charge in [-0.15, -0.1) is 13.2 Å². The molecule has 2 saturated carbocycles. The van der Waals surface area contributed by atoms with E-state index in [2.05, 4.69) is 26.2 Å². The molecule has 5 atom stereocenters. The molecule has 4 heteroatoms. The Labute approximate surface area is 183 Å². The number of ether oxygens (including phenoxy) is 2. The highest BCUT2D eigenvalue weighted by Crippen LogP contribution is 2.38. The zero-order chi connectivity index (χ0) is 21.8. The Morgan fingerprint density at radius 2 is 1.50 bits per heavy atom. The van der Waals surface area contributed by atoms with Crippen molar-refractivity contribution in [3.05, 3.63) is 25.3 Å². The maximum atomic E-state index is 14.4. The number of hydrogen-bond donors (Lipinski definition) is 0. The Kier molecular flexibility index (Phi) is 12.2. The molecule has 5 unspecified atom stereocenters. The summed E-state index contributed by atoms with van der Waals surface area (Å²) in [5, 5.41) is 0. The summed E-state index contributed by atoms with van der Waals surface area (Å²) < 4.78 is 40.0. The minimum absolute atomic E-state index is 0.404. The number of unbranched alkanes of at least 4 members (excludes halogenated alkanes) is 1. The van der Waals surface area contributed by atoms with Crippen molar-refractivity contribution in [3.63, 3.8) is 0 Å². The number of rotatable bonds is 14. The summed E-state index contributed by atoms with van der Waals surface area (Å²) in [6, 6.07) is 0. The molecular weight excluding hydrogens is 382 g/mol. The van der Waals surface area contributed by atoms with E-state index in [4.69, 9.17) is 9.47 Å². The lowest BCUT2D eigenvalue weighted by atomic mass is 9.73. The van der Waals surface area contributed by atoms with E-state index in [-0.39, 0.29) is 0 Å². The van der Waals surface area contributed by atoms with Crippen LogP contribution >= 0.6 is 0 Å². The lowest BCUT2D eigenvalue weighted by molar-refractivity contribution is -0.117. The summed E-state index contributed by atoms with van der Waals surface area (Å²) in [4.78, 5) is 0. The van der Waals surface area contributed by atoms with Crippen LogP contribution in [0, 0.1) is 17.8 Å². The molecule has 0 bridgehead atoms. The first-order valence-electron chi connectivity index (χ1n) is 12.3. The first kappa shape index (κ1) is 25.5. The van der Waals surface area contributed by atoms with Crippen molar-refractivity contribution in [1.29, 1.82) is 0 Å². The summed E-state index contributed by atoms with van der Waals surface area (Å²) in [7, 11) is 0. The van der Waals surface area contributed by atoms with Gasteiger partial charge in [0.1, 0.15) is 0 Å². The highest BCUT2D eigenvalue weighted by Gasteiger charge is 2.41. The third-order valence-electron chi connectivity index (χ3n) is 7.18. The van der Waals surface area contributed by atoms with Crippen LogP contribution in [0.25, 0.3) is 0 Å². The first-order valence-corrected chi connectivity index (χ1v) is 12.3. The fraction of sp³-hybridized carbons (Fsp3) is 0.846. The van der Waals surface area contributed by atoms with E-state index in [9.17, 15) is 8.78 Å². The van der Waals surface area contributed by atoms with Gasteiger partial charge in [-0.3, -0.25) is 0 Å². The van der Waals surface area contributed by atoms with Gasteiger partial charge in [-0.05, 0) is 69.1 Å². The summed E-state index contributed by atoms with van der Waals surface area (Å²) in [5.41, 5.74) is 0. The zero-order valence-electron chi connectivity index (χ0n) is 19.1. The average molecular weight is 427 g/mol. The van der Waals surface area contributed by atoms with Gasteiger partial charge in [0.05, 0.1) is 18.8 Å². The second-order valence-electron chi connectivity index (χ2n) is 9.32. The standard InChI is InChI=1S/C26H44F2O2/c1-4-7-18-29-23-16-17-24(26(28)25(23)27)30-19-9-8-11-21(10-5-2)22-14-12-20(6-3)13-15-22/h4,6,20-26H,1,3,5,7-19H2,2H3.